The molecule has 0 radical (unpaired) electrons. The summed E-state index contributed by atoms with van der Waals surface area (Å²) in [6.45, 7) is -1.75. The predicted octanol–water partition coefficient (Wildman–Crippen LogP) is 1.59. The fourth-order valence-electron chi connectivity index (χ4n) is 0. The molecule has 7 heteroatoms. The number of halogens is 4. The van der Waals surface area contributed by atoms with Gasteiger partial charge in [-0.25, -0.2) is 8.78 Å². The molecule has 0 heterocycles. The van der Waals surface area contributed by atoms with Crippen LogP contribution in [0.1, 0.15) is 0 Å². The Bertz CT molecular complexity index is 112. The second-order valence-corrected chi connectivity index (χ2v) is 4.15. The van der Waals surface area contributed by atoms with Crippen LogP contribution in [0.25, 0.3) is 0 Å². The monoisotopic (exact) mass is 186 g/mol. The van der Waals surface area contributed by atoms with E-state index in [0.717, 1.165) is 0 Å². The lowest BCUT2D eigenvalue weighted by molar-refractivity contribution is 0.295. The van der Waals surface area contributed by atoms with E-state index in [1.807, 2.05) is 0 Å². The van der Waals surface area contributed by atoms with Crippen molar-refractivity contribution in [3.63, 3.8) is 0 Å². The highest BCUT2D eigenvalue weighted by Gasteiger charge is 1.88. The molecule has 0 aromatic carbocycles. The second kappa shape index (κ2) is 5.53. The maximum absolute atomic E-state index is 9.62. The molecule has 2 nitrogen and oxygen atoms in total. The number of hydrogen-bond donors (Lipinski definition) is 0. The van der Waals surface area contributed by atoms with E-state index in [4.69, 9.17) is 8.42 Å². The third-order valence-electron chi connectivity index (χ3n) is 0. The highest BCUT2D eigenvalue weighted by atomic mass is 36.0. The number of rotatable bonds is 0. The molecular formula is CH2Cl2F2O2S. The van der Waals surface area contributed by atoms with Crippen LogP contribution in [0.15, 0.2) is 0 Å². The van der Waals surface area contributed by atoms with Crippen molar-refractivity contribution in [2.45, 2.75) is 0 Å². The van der Waals surface area contributed by atoms with Crippen LogP contribution in [0.3, 0.4) is 0 Å². The SMILES string of the molecule is FCF.O=S(=O)(Cl)Cl. The van der Waals surface area contributed by atoms with Crippen LogP contribution in [-0.2, 0) is 8.26 Å². The lowest BCUT2D eigenvalue weighted by Crippen LogP contribution is -1.63. The second-order valence-electron chi connectivity index (χ2n) is 0.479. The summed E-state index contributed by atoms with van der Waals surface area (Å²) in [5, 5.41) is 0. The molecule has 0 rings (SSSR count). The third kappa shape index (κ3) is 1220. The van der Waals surface area contributed by atoms with Gasteiger partial charge in [0.25, 0.3) is 0 Å². The molecular weight excluding hydrogens is 185 g/mol. The van der Waals surface area contributed by atoms with Crippen LogP contribution < -0.4 is 0 Å². The van der Waals surface area contributed by atoms with E-state index >= 15 is 0 Å². The fourth-order valence-corrected chi connectivity index (χ4v) is 0. The van der Waals surface area contributed by atoms with Crippen LogP contribution >= 0.6 is 21.4 Å². The molecule has 0 bridgehead atoms. The van der Waals surface area contributed by atoms with E-state index in [1.54, 1.807) is 0 Å². The number of alkyl halides is 2. The van der Waals surface area contributed by atoms with Crippen molar-refractivity contribution in [3.05, 3.63) is 0 Å². The first-order valence-electron chi connectivity index (χ1n) is 1.18. The Morgan fingerprint density at radius 3 is 1.25 bits per heavy atom. The molecule has 0 spiro atoms. The molecule has 0 fully saturated rings. The Labute approximate surface area is 54.3 Å². The Hall–Kier alpha value is 0.390. The van der Waals surface area contributed by atoms with Crippen LogP contribution in [0.2, 0.25) is 0 Å². The highest BCUT2D eigenvalue weighted by molar-refractivity contribution is 8.31. The van der Waals surface area contributed by atoms with Crippen LogP contribution in [0, 0.1) is 0 Å². The summed E-state index contributed by atoms with van der Waals surface area (Å²) in [6.07, 6.45) is 0. The first-order chi connectivity index (χ1) is 3.41. The molecule has 0 aliphatic heterocycles. The maximum atomic E-state index is 9.62. The van der Waals surface area contributed by atoms with E-state index in [0.29, 0.717) is 0 Å². The summed E-state index contributed by atoms with van der Waals surface area (Å²) in [4.78, 5) is 0. The standard InChI is InChI=1S/CH2F2.Cl2O2S/c2-1-3;1-5(2,3)4/h1H2;. The molecule has 0 aliphatic carbocycles. The molecule has 0 N–H and O–H groups in total. The van der Waals surface area contributed by atoms with Gasteiger partial charge in [0.05, 0.1) is 0 Å². The van der Waals surface area contributed by atoms with Gasteiger partial charge in [-0.1, -0.05) is 0 Å². The first kappa shape index (κ1) is 11.2. The molecule has 0 saturated heterocycles. The molecule has 8 heavy (non-hydrogen) atoms. The van der Waals surface area contributed by atoms with Crippen LogP contribution in [0.5, 0.6) is 0 Å². The lowest BCUT2D eigenvalue weighted by Gasteiger charge is -1.61. The van der Waals surface area contributed by atoms with E-state index in [-0.39, 0.29) is 0 Å². The summed E-state index contributed by atoms with van der Waals surface area (Å²) < 4.78 is 37.6. The lowest BCUT2D eigenvalue weighted by atomic mass is 11.7. The minimum atomic E-state index is -3.72. The Kier molecular flexibility index (Phi) is 7.75. The molecule has 0 aromatic heterocycles. The average molecular weight is 187 g/mol. The van der Waals surface area contributed by atoms with Gasteiger partial charge in [0.2, 0.25) is 6.93 Å². The van der Waals surface area contributed by atoms with E-state index < -0.39 is 15.2 Å². The zero-order valence-electron chi connectivity index (χ0n) is 3.44. The number of hydrogen-bond acceptors (Lipinski definition) is 2. The third-order valence-corrected chi connectivity index (χ3v) is 0. The van der Waals surface area contributed by atoms with Crippen molar-refractivity contribution < 1.29 is 17.2 Å². The summed E-state index contributed by atoms with van der Waals surface area (Å²) in [7, 11) is 4.81. The van der Waals surface area contributed by atoms with Gasteiger partial charge in [-0.3, -0.25) is 0 Å². The fraction of sp³-hybridized carbons (Fsp3) is 1.00. The Balaban J connectivity index is 0. The van der Waals surface area contributed by atoms with Crippen molar-refractivity contribution in [1.82, 2.24) is 0 Å². The molecule has 0 aromatic rings. The van der Waals surface area contributed by atoms with Gasteiger partial charge in [-0.2, -0.15) is 8.42 Å². The summed E-state index contributed by atoms with van der Waals surface area (Å²) in [5.74, 6) is 0. The van der Waals surface area contributed by atoms with Crippen molar-refractivity contribution in [1.29, 1.82) is 0 Å². The van der Waals surface area contributed by atoms with E-state index in [9.17, 15) is 8.78 Å². The summed E-state index contributed by atoms with van der Waals surface area (Å²) in [6, 6.07) is 0. The summed E-state index contributed by atoms with van der Waals surface area (Å²) >= 11 is 0. The average Bonchev–Trinajstić information content (AvgIpc) is 1.27. The summed E-state index contributed by atoms with van der Waals surface area (Å²) in [5.41, 5.74) is 0. The predicted molar refractivity (Wildman–Crippen MR) is 27.7 cm³/mol. The quantitative estimate of drug-likeness (QED) is 0.539. The van der Waals surface area contributed by atoms with Crippen LogP contribution in [-0.4, -0.2) is 15.3 Å². The smallest absolute Gasteiger partial charge is 0.214 e. The molecule has 0 saturated carbocycles. The largest absolute Gasteiger partial charge is 0.317 e. The highest BCUT2D eigenvalue weighted by Crippen LogP contribution is 1.98. The van der Waals surface area contributed by atoms with Crippen molar-refractivity contribution in [2.24, 2.45) is 0 Å². The van der Waals surface area contributed by atoms with Gasteiger partial charge < -0.3 is 0 Å². The van der Waals surface area contributed by atoms with Crippen molar-refractivity contribution in [2.75, 3.05) is 6.93 Å². The van der Waals surface area contributed by atoms with Crippen molar-refractivity contribution >= 4 is 29.6 Å². The zero-order chi connectivity index (χ0) is 7.21. The molecule has 0 unspecified atom stereocenters. The normalized spacial score (nSPS) is 9.50. The van der Waals surface area contributed by atoms with E-state index in [2.05, 4.69) is 21.4 Å². The van der Waals surface area contributed by atoms with Crippen LogP contribution in [0.4, 0.5) is 8.78 Å². The van der Waals surface area contributed by atoms with Gasteiger partial charge >= 0.3 is 8.26 Å². The maximum Gasteiger partial charge on any atom is 0.317 e. The molecule has 0 aliphatic rings. The Morgan fingerprint density at radius 2 is 1.25 bits per heavy atom. The van der Waals surface area contributed by atoms with Gasteiger partial charge in [-0.15, -0.1) is 0 Å². The van der Waals surface area contributed by atoms with Gasteiger partial charge in [0.1, 0.15) is 0 Å². The molecule has 0 amide bonds. The Morgan fingerprint density at radius 1 is 1.25 bits per heavy atom. The molecule has 0 atom stereocenters. The van der Waals surface area contributed by atoms with E-state index in [1.165, 1.54) is 0 Å². The van der Waals surface area contributed by atoms with Gasteiger partial charge in [0, 0.05) is 21.4 Å². The molecule has 52 valence electrons. The van der Waals surface area contributed by atoms with Gasteiger partial charge in [-0.05, 0) is 0 Å². The van der Waals surface area contributed by atoms with Crippen molar-refractivity contribution in [3.8, 4) is 0 Å². The van der Waals surface area contributed by atoms with Gasteiger partial charge in [0.15, 0.2) is 0 Å². The topological polar surface area (TPSA) is 34.1 Å². The zero-order valence-corrected chi connectivity index (χ0v) is 5.77. The minimum absolute atomic E-state index is 1.75. The first-order valence-corrected chi connectivity index (χ1v) is 4.31. The minimum Gasteiger partial charge on any atom is -0.214 e.